The number of amides is 1. The molecule has 0 radical (unpaired) electrons. The van der Waals surface area contributed by atoms with E-state index in [9.17, 15) is 13.2 Å². The van der Waals surface area contributed by atoms with E-state index in [0.29, 0.717) is 19.4 Å². The Morgan fingerprint density at radius 1 is 1.23 bits per heavy atom. The molecule has 1 rings (SSSR count). The lowest BCUT2D eigenvalue weighted by atomic mass is 10.1. The van der Waals surface area contributed by atoms with Gasteiger partial charge in [-0.15, -0.1) is 0 Å². The van der Waals surface area contributed by atoms with Crippen molar-refractivity contribution in [2.75, 3.05) is 24.6 Å². The van der Waals surface area contributed by atoms with E-state index in [-0.39, 0.29) is 11.8 Å². The van der Waals surface area contributed by atoms with Crippen molar-refractivity contribution in [3.05, 3.63) is 35.9 Å². The summed E-state index contributed by atoms with van der Waals surface area (Å²) in [6, 6.07) is 9.88. The molecule has 0 aliphatic rings. The molecule has 0 unspecified atom stereocenters. The molecule has 0 bridgehead atoms. The van der Waals surface area contributed by atoms with Gasteiger partial charge in [0.15, 0.2) is 9.84 Å². The number of hydrogen-bond donors (Lipinski definition) is 2. The summed E-state index contributed by atoms with van der Waals surface area (Å²) in [5.74, 6) is -0.817. The van der Waals surface area contributed by atoms with E-state index >= 15 is 0 Å². The molecule has 22 heavy (non-hydrogen) atoms. The SMILES string of the molecule is CCN[C@H](C)CNC(=O)CS(=O)(=O)CCCc1ccccc1. The molecule has 0 heterocycles. The second kappa shape index (κ2) is 9.58. The number of benzene rings is 1. The van der Waals surface area contributed by atoms with Gasteiger partial charge in [0.05, 0.1) is 5.75 Å². The first-order chi connectivity index (χ1) is 10.4. The minimum Gasteiger partial charge on any atom is -0.354 e. The monoisotopic (exact) mass is 326 g/mol. The molecule has 0 fully saturated rings. The summed E-state index contributed by atoms with van der Waals surface area (Å²) in [7, 11) is -3.34. The Hall–Kier alpha value is -1.40. The first-order valence-electron chi connectivity index (χ1n) is 7.67. The largest absolute Gasteiger partial charge is 0.354 e. The minimum atomic E-state index is -3.34. The average Bonchev–Trinajstić information content (AvgIpc) is 2.46. The number of rotatable bonds is 10. The molecule has 0 saturated heterocycles. The molecule has 0 aliphatic heterocycles. The van der Waals surface area contributed by atoms with Crippen molar-refractivity contribution in [2.24, 2.45) is 0 Å². The number of likely N-dealkylation sites (N-methyl/N-ethyl adjacent to an activating group) is 1. The van der Waals surface area contributed by atoms with Crippen LogP contribution in [0, 0.1) is 0 Å². The molecule has 1 amide bonds. The van der Waals surface area contributed by atoms with Crippen LogP contribution < -0.4 is 10.6 Å². The number of carbonyl (C=O) groups excluding carboxylic acids is 1. The zero-order valence-corrected chi connectivity index (χ0v) is 14.2. The molecular weight excluding hydrogens is 300 g/mol. The maximum Gasteiger partial charge on any atom is 0.235 e. The van der Waals surface area contributed by atoms with Crippen molar-refractivity contribution >= 4 is 15.7 Å². The highest BCUT2D eigenvalue weighted by Crippen LogP contribution is 2.04. The number of hydrogen-bond acceptors (Lipinski definition) is 4. The highest BCUT2D eigenvalue weighted by Gasteiger charge is 2.16. The highest BCUT2D eigenvalue weighted by molar-refractivity contribution is 7.92. The molecule has 124 valence electrons. The van der Waals surface area contributed by atoms with E-state index in [1.54, 1.807) is 0 Å². The van der Waals surface area contributed by atoms with Gasteiger partial charge in [-0.25, -0.2) is 8.42 Å². The fraction of sp³-hybridized carbons (Fsp3) is 0.562. The Labute approximate surface area is 133 Å². The van der Waals surface area contributed by atoms with Gasteiger partial charge < -0.3 is 10.6 Å². The lowest BCUT2D eigenvalue weighted by Gasteiger charge is -2.13. The molecule has 5 nitrogen and oxygen atoms in total. The first-order valence-corrected chi connectivity index (χ1v) is 9.49. The van der Waals surface area contributed by atoms with Crippen molar-refractivity contribution in [1.82, 2.24) is 10.6 Å². The van der Waals surface area contributed by atoms with Crippen LogP contribution in [-0.2, 0) is 21.1 Å². The van der Waals surface area contributed by atoms with Crippen molar-refractivity contribution in [2.45, 2.75) is 32.7 Å². The predicted molar refractivity (Wildman–Crippen MR) is 89.6 cm³/mol. The Morgan fingerprint density at radius 2 is 1.91 bits per heavy atom. The molecular formula is C16H26N2O3S. The molecule has 1 aromatic rings. The third-order valence-corrected chi connectivity index (χ3v) is 4.89. The highest BCUT2D eigenvalue weighted by atomic mass is 32.2. The summed E-state index contributed by atoms with van der Waals surface area (Å²) in [5.41, 5.74) is 1.11. The summed E-state index contributed by atoms with van der Waals surface area (Å²) < 4.78 is 23.9. The Morgan fingerprint density at radius 3 is 2.55 bits per heavy atom. The summed E-state index contributed by atoms with van der Waals surface area (Å²) in [5, 5.41) is 5.80. The maximum atomic E-state index is 11.9. The normalized spacial score (nSPS) is 12.8. The minimum absolute atomic E-state index is 0.0398. The summed E-state index contributed by atoms with van der Waals surface area (Å²) in [6.45, 7) is 5.18. The Bertz CT molecular complexity index is 544. The lowest BCUT2D eigenvalue weighted by Crippen LogP contribution is -2.41. The number of aryl methyl sites for hydroxylation is 1. The topological polar surface area (TPSA) is 75.3 Å². The van der Waals surface area contributed by atoms with Crippen LogP contribution in [0.5, 0.6) is 0 Å². The van der Waals surface area contributed by atoms with Crippen LogP contribution in [0.4, 0.5) is 0 Å². The van der Waals surface area contributed by atoms with Gasteiger partial charge in [-0.1, -0.05) is 37.3 Å². The van der Waals surface area contributed by atoms with E-state index in [4.69, 9.17) is 0 Å². The van der Waals surface area contributed by atoms with E-state index in [1.165, 1.54) is 0 Å². The standard InChI is InChI=1S/C16H26N2O3S/c1-3-17-14(2)12-18-16(19)13-22(20,21)11-7-10-15-8-5-4-6-9-15/h4-6,8-9,14,17H,3,7,10-13H2,1-2H3,(H,18,19)/t14-/m1/s1. The number of sulfone groups is 1. The first kappa shape index (κ1) is 18.6. The average molecular weight is 326 g/mol. The predicted octanol–water partition coefficient (Wildman–Crippen LogP) is 1.15. The van der Waals surface area contributed by atoms with Crippen LogP contribution in [0.1, 0.15) is 25.8 Å². The molecule has 1 aromatic carbocycles. The van der Waals surface area contributed by atoms with E-state index in [1.807, 2.05) is 44.2 Å². The van der Waals surface area contributed by atoms with Crippen LogP contribution in [0.3, 0.4) is 0 Å². The number of nitrogens with one attached hydrogen (secondary N) is 2. The molecule has 0 saturated carbocycles. The van der Waals surface area contributed by atoms with Crippen molar-refractivity contribution in [3.63, 3.8) is 0 Å². The van der Waals surface area contributed by atoms with Crippen LogP contribution >= 0.6 is 0 Å². The zero-order chi connectivity index (χ0) is 16.4. The third-order valence-electron chi connectivity index (χ3n) is 3.27. The van der Waals surface area contributed by atoms with Gasteiger partial charge in [0, 0.05) is 12.6 Å². The van der Waals surface area contributed by atoms with Crippen LogP contribution in [0.15, 0.2) is 30.3 Å². The Balaban J connectivity index is 2.29. The molecule has 0 aromatic heterocycles. The molecule has 1 atom stereocenters. The van der Waals surface area contributed by atoms with Crippen LogP contribution in [0.25, 0.3) is 0 Å². The van der Waals surface area contributed by atoms with Crippen molar-refractivity contribution in [3.8, 4) is 0 Å². The van der Waals surface area contributed by atoms with Gasteiger partial charge >= 0.3 is 0 Å². The third kappa shape index (κ3) is 8.14. The summed E-state index contributed by atoms with van der Waals surface area (Å²) in [6.07, 6.45) is 1.24. The van der Waals surface area contributed by atoms with E-state index < -0.39 is 21.5 Å². The van der Waals surface area contributed by atoms with Crippen molar-refractivity contribution < 1.29 is 13.2 Å². The van der Waals surface area contributed by atoms with Crippen LogP contribution in [-0.4, -0.2) is 45.0 Å². The fourth-order valence-electron chi connectivity index (χ4n) is 2.15. The van der Waals surface area contributed by atoms with Gasteiger partial charge in [-0.2, -0.15) is 0 Å². The van der Waals surface area contributed by atoms with Gasteiger partial charge in [0.2, 0.25) is 5.91 Å². The lowest BCUT2D eigenvalue weighted by molar-refractivity contribution is -0.118. The summed E-state index contributed by atoms with van der Waals surface area (Å²) in [4.78, 5) is 11.7. The van der Waals surface area contributed by atoms with Gasteiger partial charge in [0.25, 0.3) is 0 Å². The maximum absolute atomic E-state index is 11.9. The van der Waals surface area contributed by atoms with Crippen LogP contribution in [0.2, 0.25) is 0 Å². The molecule has 2 N–H and O–H groups in total. The van der Waals surface area contributed by atoms with Gasteiger partial charge in [-0.05, 0) is 31.9 Å². The van der Waals surface area contributed by atoms with Crippen molar-refractivity contribution in [1.29, 1.82) is 0 Å². The molecule has 6 heteroatoms. The Kier molecular flexibility index (Phi) is 8.12. The molecule has 0 spiro atoms. The summed E-state index contributed by atoms with van der Waals surface area (Å²) >= 11 is 0. The fourth-order valence-corrected chi connectivity index (χ4v) is 3.38. The van der Waals surface area contributed by atoms with E-state index in [2.05, 4.69) is 10.6 Å². The van der Waals surface area contributed by atoms with Gasteiger partial charge in [0.1, 0.15) is 5.75 Å². The van der Waals surface area contributed by atoms with E-state index in [0.717, 1.165) is 12.1 Å². The second-order valence-electron chi connectivity index (χ2n) is 5.44. The quantitative estimate of drug-likeness (QED) is 0.676. The second-order valence-corrected chi connectivity index (χ2v) is 7.63. The number of carbonyl (C=O) groups is 1. The molecule has 0 aliphatic carbocycles. The van der Waals surface area contributed by atoms with Gasteiger partial charge in [-0.3, -0.25) is 4.79 Å². The zero-order valence-electron chi connectivity index (χ0n) is 13.3. The smallest absolute Gasteiger partial charge is 0.235 e.